The van der Waals surface area contributed by atoms with Gasteiger partial charge in [-0.1, -0.05) is 72.8 Å². The summed E-state index contributed by atoms with van der Waals surface area (Å²) in [5.41, 5.74) is 2.55. The van der Waals surface area contributed by atoms with Crippen molar-refractivity contribution in [1.29, 1.82) is 0 Å². The lowest BCUT2D eigenvalue weighted by Crippen LogP contribution is -2.40. The minimum Gasteiger partial charge on any atom is -0.342 e. The lowest BCUT2D eigenvalue weighted by atomic mass is 10.0. The van der Waals surface area contributed by atoms with Gasteiger partial charge in [0.25, 0.3) is 5.56 Å². The van der Waals surface area contributed by atoms with E-state index in [1.807, 2.05) is 53.1 Å². The van der Waals surface area contributed by atoms with Gasteiger partial charge in [-0.25, -0.2) is 4.79 Å². The van der Waals surface area contributed by atoms with Crippen LogP contribution in [-0.4, -0.2) is 31.8 Å². The molecule has 7 heteroatoms. The van der Waals surface area contributed by atoms with E-state index in [1.165, 1.54) is 14.7 Å². The van der Waals surface area contributed by atoms with Gasteiger partial charge >= 0.3 is 5.69 Å². The molecule has 0 saturated heterocycles. The molecule has 5 aromatic rings. The van der Waals surface area contributed by atoms with Crippen LogP contribution in [0.3, 0.4) is 0 Å². The van der Waals surface area contributed by atoms with E-state index in [1.54, 1.807) is 7.05 Å². The van der Waals surface area contributed by atoms with Crippen molar-refractivity contribution in [2.24, 2.45) is 7.05 Å². The fraction of sp³-hybridized carbons (Fsp3) is 0.250. The molecule has 35 heavy (non-hydrogen) atoms. The van der Waals surface area contributed by atoms with E-state index in [0.29, 0.717) is 11.2 Å². The van der Waals surface area contributed by atoms with E-state index in [9.17, 15) is 9.59 Å². The lowest BCUT2D eigenvalue weighted by Gasteiger charge is -2.29. The van der Waals surface area contributed by atoms with Gasteiger partial charge in [0, 0.05) is 26.7 Å². The molecule has 0 N–H and O–H groups in total. The van der Waals surface area contributed by atoms with Crippen LogP contribution >= 0.6 is 0 Å². The van der Waals surface area contributed by atoms with E-state index < -0.39 is 0 Å². The van der Waals surface area contributed by atoms with Crippen LogP contribution in [0.2, 0.25) is 0 Å². The molecular formula is C28H27N5O2. The number of nitrogens with zero attached hydrogens (tertiary/aromatic N) is 5. The van der Waals surface area contributed by atoms with Gasteiger partial charge in [-0.05, 0) is 34.7 Å². The highest BCUT2D eigenvalue weighted by molar-refractivity contribution is 5.85. The summed E-state index contributed by atoms with van der Waals surface area (Å²) in [5, 5.41) is 2.14. The number of aromatic nitrogens is 4. The molecule has 3 aromatic carbocycles. The van der Waals surface area contributed by atoms with Crippen molar-refractivity contribution in [3.8, 4) is 0 Å². The Labute approximate surface area is 202 Å². The first-order valence-corrected chi connectivity index (χ1v) is 12.1. The van der Waals surface area contributed by atoms with Crippen molar-refractivity contribution < 1.29 is 0 Å². The maximum Gasteiger partial charge on any atom is 0.332 e. The normalized spacial score (nSPS) is 13.5. The minimum absolute atomic E-state index is 0.223. The number of benzene rings is 3. The van der Waals surface area contributed by atoms with Gasteiger partial charge in [0.15, 0.2) is 11.2 Å². The molecular weight excluding hydrogens is 438 g/mol. The average Bonchev–Trinajstić information content (AvgIpc) is 3.30. The molecule has 176 valence electrons. The van der Waals surface area contributed by atoms with Crippen LogP contribution in [0.25, 0.3) is 21.9 Å². The fourth-order valence-electron chi connectivity index (χ4n) is 5.19. The van der Waals surface area contributed by atoms with Crippen LogP contribution in [0.4, 0.5) is 5.95 Å². The van der Waals surface area contributed by atoms with Crippen molar-refractivity contribution in [3.63, 3.8) is 0 Å². The van der Waals surface area contributed by atoms with Crippen LogP contribution < -0.4 is 16.1 Å². The zero-order valence-electron chi connectivity index (χ0n) is 19.7. The van der Waals surface area contributed by atoms with Gasteiger partial charge in [0.2, 0.25) is 5.95 Å². The molecule has 0 aliphatic carbocycles. The third kappa shape index (κ3) is 3.64. The van der Waals surface area contributed by atoms with E-state index >= 15 is 0 Å². The zero-order chi connectivity index (χ0) is 23.9. The van der Waals surface area contributed by atoms with Gasteiger partial charge in [-0.15, -0.1) is 0 Å². The second kappa shape index (κ2) is 8.58. The molecule has 0 unspecified atom stereocenters. The highest BCUT2D eigenvalue weighted by atomic mass is 16.2. The van der Waals surface area contributed by atoms with Gasteiger partial charge in [0.1, 0.15) is 0 Å². The molecule has 3 heterocycles. The van der Waals surface area contributed by atoms with Crippen molar-refractivity contribution in [3.05, 3.63) is 105 Å². The summed E-state index contributed by atoms with van der Waals surface area (Å²) in [6, 6.07) is 24.4. The van der Waals surface area contributed by atoms with E-state index in [4.69, 9.17) is 4.98 Å². The van der Waals surface area contributed by atoms with Crippen LogP contribution in [0.15, 0.2) is 82.4 Å². The van der Waals surface area contributed by atoms with E-state index in [2.05, 4.69) is 29.2 Å². The Bertz CT molecular complexity index is 1660. The fourth-order valence-corrected chi connectivity index (χ4v) is 5.19. The highest BCUT2D eigenvalue weighted by Gasteiger charge is 2.26. The van der Waals surface area contributed by atoms with E-state index in [-0.39, 0.29) is 17.8 Å². The molecule has 0 amide bonds. The zero-order valence-corrected chi connectivity index (χ0v) is 19.7. The van der Waals surface area contributed by atoms with Crippen molar-refractivity contribution in [1.82, 2.24) is 18.7 Å². The number of hydrogen-bond acceptors (Lipinski definition) is 4. The Hall–Kier alpha value is -4.13. The molecule has 2 aromatic heterocycles. The molecule has 0 bridgehead atoms. The Morgan fingerprint density at radius 2 is 1.66 bits per heavy atom. The second-order valence-corrected chi connectivity index (χ2v) is 9.18. The minimum atomic E-state index is -0.346. The quantitative estimate of drug-likeness (QED) is 0.398. The van der Waals surface area contributed by atoms with E-state index in [0.717, 1.165) is 54.8 Å². The Morgan fingerprint density at radius 3 is 2.51 bits per heavy atom. The molecule has 1 aliphatic rings. The molecule has 7 nitrogen and oxygen atoms in total. The van der Waals surface area contributed by atoms with Gasteiger partial charge in [0.05, 0.1) is 6.54 Å². The third-order valence-electron chi connectivity index (χ3n) is 7.03. The Balaban J connectivity index is 1.43. The van der Waals surface area contributed by atoms with Gasteiger partial charge in [-0.3, -0.25) is 13.9 Å². The predicted octanol–water partition coefficient (Wildman–Crippen LogP) is 3.55. The SMILES string of the molecule is Cn1c(=O)n(Cc2cccc3ccccc23)c(=O)c2c1nc1n2CCCN1CCc1ccccc1. The van der Waals surface area contributed by atoms with Crippen LogP contribution in [0.1, 0.15) is 17.5 Å². The molecule has 6 rings (SSSR count). The molecule has 0 saturated carbocycles. The van der Waals surface area contributed by atoms with Crippen LogP contribution in [0, 0.1) is 0 Å². The number of rotatable bonds is 5. The van der Waals surface area contributed by atoms with Gasteiger partial charge < -0.3 is 9.47 Å². The number of fused-ring (bicyclic) bond motifs is 4. The third-order valence-corrected chi connectivity index (χ3v) is 7.03. The lowest BCUT2D eigenvalue weighted by molar-refractivity contribution is 0.562. The number of imidazole rings is 1. The summed E-state index contributed by atoms with van der Waals surface area (Å²) in [4.78, 5) is 34.1. The number of aryl methyl sites for hydroxylation is 2. The maximum absolute atomic E-state index is 13.7. The first kappa shape index (κ1) is 21.4. The number of hydrogen-bond donors (Lipinski definition) is 0. The first-order valence-electron chi connectivity index (χ1n) is 12.1. The smallest absolute Gasteiger partial charge is 0.332 e. The van der Waals surface area contributed by atoms with Crippen molar-refractivity contribution in [2.75, 3.05) is 18.0 Å². The molecule has 0 radical (unpaired) electrons. The predicted molar refractivity (Wildman–Crippen MR) is 139 cm³/mol. The molecule has 0 fully saturated rings. The Kier molecular flexibility index (Phi) is 5.25. The summed E-state index contributed by atoms with van der Waals surface area (Å²) in [5.74, 6) is 0.775. The largest absolute Gasteiger partial charge is 0.342 e. The summed E-state index contributed by atoms with van der Waals surface area (Å²) in [7, 11) is 1.71. The second-order valence-electron chi connectivity index (χ2n) is 9.18. The van der Waals surface area contributed by atoms with Crippen molar-refractivity contribution in [2.45, 2.75) is 25.9 Å². The summed E-state index contributed by atoms with van der Waals surface area (Å²) >= 11 is 0. The summed E-state index contributed by atoms with van der Waals surface area (Å²) < 4.78 is 4.87. The van der Waals surface area contributed by atoms with Crippen molar-refractivity contribution >= 4 is 27.9 Å². The Morgan fingerprint density at radius 1 is 0.886 bits per heavy atom. The van der Waals surface area contributed by atoms with Crippen LogP contribution in [0.5, 0.6) is 0 Å². The maximum atomic E-state index is 13.7. The molecule has 0 spiro atoms. The molecule has 1 aliphatic heterocycles. The topological polar surface area (TPSA) is 65.1 Å². The monoisotopic (exact) mass is 465 g/mol. The first-order chi connectivity index (χ1) is 17.1. The average molecular weight is 466 g/mol. The molecule has 0 atom stereocenters. The van der Waals surface area contributed by atoms with Crippen LogP contribution in [-0.2, 0) is 26.6 Å². The summed E-state index contributed by atoms with van der Waals surface area (Å²) in [6.45, 7) is 2.64. The highest BCUT2D eigenvalue weighted by Crippen LogP contribution is 2.25. The standard InChI is InChI=1S/C28H27N5O2/c1-30-25-24(32-17-8-16-31(27(32)29-25)18-15-20-9-3-2-4-10-20)26(34)33(28(30)35)19-22-13-7-12-21-11-5-6-14-23(21)22/h2-7,9-14H,8,15-19H2,1H3. The van der Waals surface area contributed by atoms with Gasteiger partial charge in [-0.2, -0.15) is 4.98 Å². The summed E-state index contributed by atoms with van der Waals surface area (Å²) in [6.07, 6.45) is 1.83. The number of anilines is 1.